The van der Waals surface area contributed by atoms with E-state index in [1.165, 1.54) is 50.1 Å². The summed E-state index contributed by atoms with van der Waals surface area (Å²) in [6.07, 6.45) is 6.77. The Kier molecular flexibility index (Phi) is 25.8. The molecule has 0 radical (unpaired) electrons. The standard InChI is InChI=1S/C49H49N3O7.C43H46N2O7/c53-46-23-22-45(48(54)51-46)52-32-38-30-39(15-20-44(38)49(52)55)50-24-7-25-56-26-27-57-28-29-58-40-16-12-36(13-17-40)47-42(35-10-5-2-6-11-35)19-14-37-31-41(18-21-43(37)47)59-33-34-8-3-1-4-9-34;46-34-11-17-38-31(26-34)9-15-37(29-5-2-1-3-6-29)42(38)30-7-13-36(14-8-30)52-24-23-51-22-21-50-20-4-19-44-33-10-16-39-32(25-33)28-45(43(39)49)40-18-12-35(47)27-41(40)48/h1-6,8-13,15-18,20-21,30-31,45,50H,7,14,19,22-29,32-33H2,(H,51,53,54);1-3,5-8,10-11,13-14,16-17,25-26,37,40,42,44,46H,4,9,12,15,18-24,27-28H2/t45-;37-,40+,42+/m01/s1. The van der Waals surface area contributed by atoms with E-state index in [1.807, 2.05) is 78.9 Å². The summed E-state index contributed by atoms with van der Waals surface area (Å²) in [5.41, 5.74) is 18.6. The number of benzene rings is 9. The number of ketones is 2. The second-order valence-electron chi connectivity index (χ2n) is 28.8. The van der Waals surface area contributed by atoms with E-state index >= 15 is 0 Å². The number of fused-ring (bicyclic) bond motifs is 4. The predicted octanol–water partition coefficient (Wildman–Crippen LogP) is 14.7. The van der Waals surface area contributed by atoms with Gasteiger partial charge in [-0.05, 0) is 215 Å². The van der Waals surface area contributed by atoms with Crippen LogP contribution in [0.15, 0.2) is 212 Å². The summed E-state index contributed by atoms with van der Waals surface area (Å²) in [4.78, 5) is 76.9. The Balaban J connectivity index is 0.000000186. The number of phenolic OH excluding ortho intramolecular Hbond substituents is 1. The summed E-state index contributed by atoms with van der Waals surface area (Å²) >= 11 is 0. The summed E-state index contributed by atoms with van der Waals surface area (Å²) < 4.78 is 41.2. The number of aryl methyl sites for hydroxylation is 2. The average molecular weight is 1490 g/mol. The number of nitrogens with one attached hydrogen (secondary N) is 3. The molecular weight excluding hydrogens is 1400 g/mol. The van der Waals surface area contributed by atoms with Crippen LogP contribution in [0, 0.1) is 0 Å². The number of ether oxygens (including phenoxy) is 7. The first-order chi connectivity index (χ1) is 54.4. The van der Waals surface area contributed by atoms with Gasteiger partial charge in [0, 0.05) is 80.7 Å². The molecule has 19 nitrogen and oxygen atoms in total. The van der Waals surface area contributed by atoms with Crippen molar-refractivity contribution in [3.63, 3.8) is 0 Å². The fourth-order valence-electron chi connectivity index (χ4n) is 15.9. The van der Waals surface area contributed by atoms with E-state index in [4.69, 9.17) is 33.2 Å². The van der Waals surface area contributed by atoms with Crippen LogP contribution in [0.5, 0.6) is 23.0 Å². The van der Waals surface area contributed by atoms with E-state index in [0.717, 1.165) is 95.9 Å². The molecule has 15 rings (SSSR count). The summed E-state index contributed by atoms with van der Waals surface area (Å²) in [7, 11) is 0. The van der Waals surface area contributed by atoms with Gasteiger partial charge in [-0.25, -0.2) is 0 Å². The lowest BCUT2D eigenvalue weighted by Crippen LogP contribution is -2.52. The van der Waals surface area contributed by atoms with Gasteiger partial charge < -0.3 is 58.7 Å². The molecule has 2 fully saturated rings. The van der Waals surface area contributed by atoms with Crippen LogP contribution in [0.2, 0.25) is 0 Å². The number of imide groups is 1. The van der Waals surface area contributed by atoms with Gasteiger partial charge in [-0.1, -0.05) is 127 Å². The molecule has 4 N–H and O–H groups in total. The lowest BCUT2D eigenvalue weighted by Gasteiger charge is -2.34. The monoisotopic (exact) mass is 1490 g/mol. The van der Waals surface area contributed by atoms with Crippen LogP contribution >= 0.6 is 0 Å². The first-order valence-corrected chi connectivity index (χ1v) is 38.9. The molecule has 3 aliphatic carbocycles. The topological polar surface area (TPSA) is 230 Å². The third-order valence-electron chi connectivity index (χ3n) is 21.5. The number of hydrogen-bond donors (Lipinski definition) is 4. The lowest BCUT2D eigenvalue weighted by atomic mass is 9.69. The number of hydrogen-bond acceptors (Lipinski definition) is 16. The molecule has 0 spiro atoms. The van der Waals surface area contributed by atoms with E-state index in [1.54, 1.807) is 21.9 Å². The normalized spacial score (nSPS) is 17.8. The third kappa shape index (κ3) is 19.5. The number of anilines is 2. The summed E-state index contributed by atoms with van der Waals surface area (Å²) in [5.74, 6) is 2.18. The Morgan fingerprint density at radius 2 is 0.991 bits per heavy atom. The molecule has 1 saturated carbocycles. The molecule has 9 aromatic carbocycles. The molecule has 1 saturated heterocycles. The van der Waals surface area contributed by atoms with Crippen molar-refractivity contribution in [3.8, 4) is 23.0 Å². The average Bonchev–Trinajstić information content (AvgIpc) is 1.44. The van der Waals surface area contributed by atoms with Crippen molar-refractivity contribution in [2.24, 2.45) is 0 Å². The van der Waals surface area contributed by atoms with Gasteiger partial charge in [0.2, 0.25) is 11.8 Å². The number of allylic oxidation sites excluding steroid dienone is 1. The maximum absolute atomic E-state index is 12.9. The molecule has 9 aromatic rings. The molecule has 4 amide bonds. The van der Waals surface area contributed by atoms with Crippen LogP contribution in [0.4, 0.5) is 11.4 Å². The van der Waals surface area contributed by atoms with Crippen LogP contribution in [0.3, 0.4) is 0 Å². The molecule has 0 aromatic heterocycles. The van der Waals surface area contributed by atoms with Crippen molar-refractivity contribution in [2.75, 3.05) is 89.8 Å². The van der Waals surface area contributed by atoms with Crippen molar-refractivity contribution in [2.45, 2.75) is 114 Å². The molecule has 4 atom stereocenters. The van der Waals surface area contributed by atoms with E-state index in [0.29, 0.717) is 134 Å². The highest BCUT2D eigenvalue weighted by atomic mass is 16.5. The van der Waals surface area contributed by atoms with Crippen molar-refractivity contribution >= 4 is 57.7 Å². The minimum absolute atomic E-state index is 0.0414. The summed E-state index contributed by atoms with van der Waals surface area (Å²) in [6, 6.07) is 70.8. The highest BCUT2D eigenvalue weighted by Gasteiger charge is 2.41. The number of piperidine rings is 1. The molecule has 3 aliphatic heterocycles. The van der Waals surface area contributed by atoms with Gasteiger partial charge in [0.05, 0.1) is 52.1 Å². The van der Waals surface area contributed by atoms with Gasteiger partial charge in [-0.2, -0.15) is 0 Å². The number of rotatable bonds is 33. The Labute approximate surface area is 648 Å². The molecule has 0 bridgehead atoms. The van der Waals surface area contributed by atoms with Crippen LogP contribution in [-0.2, 0) is 70.7 Å². The summed E-state index contributed by atoms with van der Waals surface area (Å²) in [6.45, 7) is 7.67. The second kappa shape index (κ2) is 37.5. The Morgan fingerprint density at radius 3 is 1.61 bits per heavy atom. The highest BCUT2D eigenvalue weighted by Crippen LogP contribution is 2.48. The molecule has 19 heteroatoms. The largest absolute Gasteiger partial charge is 0.508 e. The smallest absolute Gasteiger partial charge is 0.255 e. The molecule has 572 valence electrons. The van der Waals surface area contributed by atoms with Gasteiger partial charge >= 0.3 is 0 Å². The fraction of sp³-hybridized carbons (Fsp3) is 0.326. The van der Waals surface area contributed by atoms with Crippen LogP contribution in [0.25, 0.3) is 11.1 Å². The maximum atomic E-state index is 12.9. The zero-order valence-corrected chi connectivity index (χ0v) is 62.6. The van der Waals surface area contributed by atoms with Gasteiger partial charge in [-0.3, -0.25) is 34.1 Å². The van der Waals surface area contributed by atoms with Crippen LogP contribution < -0.4 is 30.2 Å². The van der Waals surface area contributed by atoms with Crippen LogP contribution in [-0.4, -0.2) is 141 Å². The maximum Gasteiger partial charge on any atom is 0.255 e. The highest BCUT2D eigenvalue weighted by molar-refractivity contribution is 6.08. The SMILES string of the molecule is O=C1CC[C@H](N2Cc3cc(NCCCOCCOCCOc4ccc(C5=C(c6ccccc6)CCc6cc(OCc7ccccc7)ccc65)cc4)ccc3C2=O)C(=O)N1.O=C1CC[C@H](N2Cc3cc(NCCCOCCOCCOc4ccc([C@@H]5c6ccc(O)cc6CC[C@@H]5c5ccccc5)cc4)ccc3C2=O)C(=O)C1. The molecule has 111 heavy (non-hydrogen) atoms. The predicted molar refractivity (Wildman–Crippen MR) is 425 cm³/mol. The van der Waals surface area contributed by atoms with Crippen molar-refractivity contribution in [1.29, 1.82) is 0 Å². The molecular formula is C92H95N5O14. The minimum atomic E-state index is -0.615. The Hall–Kier alpha value is -11.2. The number of aromatic hydroxyl groups is 1. The second-order valence-corrected chi connectivity index (χ2v) is 28.8. The van der Waals surface area contributed by atoms with E-state index in [9.17, 15) is 33.9 Å². The first-order valence-electron chi connectivity index (χ1n) is 38.9. The first kappa shape index (κ1) is 76.5. The van der Waals surface area contributed by atoms with E-state index < -0.39 is 18.0 Å². The van der Waals surface area contributed by atoms with Crippen LogP contribution in [0.1, 0.15) is 152 Å². The number of phenols is 1. The third-order valence-corrected chi connectivity index (χ3v) is 21.5. The Morgan fingerprint density at radius 1 is 0.432 bits per heavy atom. The van der Waals surface area contributed by atoms with Gasteiger partial charge in [0.15, 0.2) is 5.78 Å². The number of Topliss-reactive ketones (excluding diaryl/α,β-unsaturated/α-hetero) is 2. The van der Waals surface area contributed by atoms with E-state index in [2.05, 4.69) is 137 Å². The number of amides is 4. The van der Waals surface area contributed by atoms with Gasteiger partial charge in [-0.15, -0.1) is 0 Å². The Bertz CT molecular complexity index is 4770. The molecule has 6 aliphatic rings. The fourth-order valence-corrected chi connectivity index (χ4v) is 15.9. The minimum Gasteiger partial charge on any atom is -0.508 e. The summed E-state index contributed by atoms with van der Waals surface area (Å²) in [5, 5.41) is 19.2. The number of nitrogens with zero attached hydrogens (tertiary/aromatic N) is 2. The van der Waals surface area contributed by atoms with Crippen molar-refractivity contribution < 1.29 is 67.0 Å². The van der Waals surface area contributed by atoms with Gasteiger partial charge in [0.25, 0.3) is 11.8 Å². The number of carbonyl (C=O) groups is 6. The quantitative estimate of drug-likeness (QED) is 0.0170. The van der Waals surface area contributed by atoms with Crippen molar-refractivity contribution in [3.05, 3.63) is 285 Å². The zero-order chi connectivity index (χ0) is 76.3. The lowest BCUT2D eigenvalue weighted by molar-refractivity contribution is -0.137. The van der Waals surface area contributed by atoms with E-state index in [-0.39, 0.29) is 48.0 Å². The number of carbonyl (C=O) groups excluding carboxylic acids is 6. The van der Waals surface area contributed by atoms with Gasteiger partial charge in [0.1, 0.15) is 54.6 Å². The zero-order valence-electron chi connectivity index (χ0n) is 62.6. The van der Waals surface area contributed by atoms with Crippen molar-refractivity contribution in [1.82, 2.24) is 15.1 Å². The molecule has 3 heterocycles. The molecule has 0 unspecified atom stereocenters.